The zero-order valence-corrected chi connectivity index (χ0v) is 11.7. The number of carboxylic acid groups (broad SMARTS) is 1. The third-order valence-electron chi connectivity index (χ3n) is 2.54. The van der Waals surface area contributed by atoms with Crippen LogP contribution in [-0.2, 0) is 9.59 Å². The molecule has 0 saturated carbocycles. The van der Waals surface area contributed by atoms with E-state index in [1.165, 1.54) is 0 Å². The van der Waals surface area contributed by atoms with E-state index in [1.54, 1.807) is 6.08 Å². The zero-order valence-electron chi connectivity index (χ0n) is 10.1. The first-order chi connectivity index (χ1) is 8.97. The van der Waals surface area contributed by atoms with Gasteiger partial charge >= 0.3 is 0 Å². The van der Waals surface area contributed by atoms with Gasteiger partial charge in [0.25, 0.3) is 5.91 Å². The van der Waals surface area contributed by atoms with Crippen molar-refractivity contribution in [3.8, 4) is 0 Å². The SMILES string of the molecule is Cc1ccc(/C=C2\SC(=S)N(CC(=O)[O-])C2=O)cc1. The lowest BCUT2D eigenvalue weighted by Crippen LogP contribution is -2.40. The van der Waals surface area contributed by atoms with E-state index in [4.69, 9.17) is 12.2 Å². The van der Waals surface area contributed by atoms with Crippen molar-refractivity contribution in [3.63, 3.8) is 0 Å². The summed E-state index contributed by atoms with van der Waals surface area (Å²) < 4.78 is 0.243. The van der Waals surface area contributed by atoms with Gasteiger partial charge in [-0.2, -0.15) is 0 Å². The van der Waals surface area contributed by atoms with Crippen LogP contribution in [0.2, 0.25) is 0 Å². The molecular formula is C13H10NO3S2-. The van der Waals surface area contributed by atoms with E-state index < -0.39 is 12.5 Å². The third kappa shape index (κ3) is 3.21. The highest BCUT2D eigenvalue weighted by Gasteiger charge is 2.31. The quantitative estimate of drug-likeness (QED) is 0.613. The molecule has 6 heteroatoms. The molecule has 0 spiro atoms. The molecule has 1 fully saturated rings. The van der Waals surface area contributed by atoms with Crippen LogP contribution in [0.25, 0.3) is 6.08 Å². The molecule has 0 bridgehead atoms. The minimum Gasteiger partial charge on any atom is -0.548 e. The van der Waals surface area contributed by atoms with E-state index in [9.17, 15) is 14.7 Å². The third-order valence-corrected chi connectivity index (χ3v) is 3.91. The van der Waals surface area contributed by atoms with Gasteiger partial charge in [0.15, 0.2) is 0 Å². The van der Waals surface area contributed by atoms with E-state index in [-0.39, 0.29) is 10.2 Å². The summed E-state index contributed by atoms with van der Waals surface area (Å²) in [5, 5.41) is 10.6. The van der Waals surface area contributed by atoms with E-state index in [2.05, 4.69) is 0 Å². The van der Waals surface area contributed by atoms with Gasteiger partial charge in [-0.05, 0) is 18.6 Å². The fourth-order valence-electron chi connectivity index (χ4n) is 1.58. The topological polar surface area (TPSA) is 60.4 Å². The lowest BCUT2D eigenvalue weighted by molar-refractivity contribution is -0.305. The van der Waals surface area contributed by atoms with Gasteiger partial charge in [-0.3, -0.25) is 9.69 Å². The van der Waals surface area contributed by atoms with Crippen LogP contribution >= 0.6 is 24.0 Å². The number of hydrogen-bond donors (Lipinski definition) is 0. The summed E-state index contributed by atoms with van der Waals surface area (Å²) in [5.74, 6) is -1.72. The summed E-state index contributed by atoms with van der Waals surface area (Å²) in [6.45, 7) is 1.47. The highest BCUT2D eigenvalue weighted by molar-refractivity contribution is 8.26. The van der Waals surface area contributed by atoms with Crippen LogP contribution < -0.4 is 5.11 Å². The Balaban J connectivity index is 2.23. The molecule has 1 amide bonds. The molecule has 98 valence electrons. The summed E-state index contributed by atoms with van der Waals surface area (Å²) in [7, 11) is 0. The Morgan fingerprint density at radius 1 is 1.42 bits per heavy atom. The Morgan fingerprint density at radius 2 is 2.05 bits per heavy atom. The Morgan fingerprint density at radius 3 is 2.63 bits per heavy atom. The number of hydrogen-bond acceptors (Lipinski definition) is 5. The van der Waals surface area contributed by atoms with Crippen LogP contribution in [-0.4, -0.2) is 27.6 Å². The number of thiocarbonyl (C=S) groups is 1. The highest BCUT2D eigenvalue weighted by Crippen LogP contribution is 2.32. The van der Waals surface area contributed by atoms with Crippen molar-refractivity contribution in [2.24, 2.45) is 0 Å². The summed E-state index contributed by atoms with van der Waals surface area (Å²) >= 11 is 6.09. The second-order valence-corrected chi connectivity index (χ2v) is 5.73. The van der Waals surface area contributed by atoms with Crippen molar-refractivity contribution in [3.05, 3.63) is 40.3 Å². The molecule has 0 atom stereocenters. The summed E-state index contributed by atoms with van der Waals surface area (Å²) in [6.07, 6.45) is 1.70. The summed E-state index contributed by atoms with van der Waals surface area (Å²) in [4.78, 5) is 24.0. The van der Waals surface area contributed by atoms with Crippen LogP contribution in [0, 0.1) is 6.92 Å². The first-order valence-corrected chi connectivity index (χ1v) is 6.72. The van der Waals surface area contributed by atoms with Gasteiger partial charge in [0.1, 0.15) is 4.32 Å². The van der Waals surface area contributed by atoms with Gasteiger partial charge in [0.05, 0.1) is 17.4 Å². The number of carbonyl (C=O) groups excluding carboxylic acids is 2. The largest absolute Gasteiger partial charge is 0.548 e. The average molecular weight is 292 g/mol. The van der Waals surface area contributed by atoms with Gasteiger partial charge < -0.3 is 9.90 Å². The number of carbonyl (C=O) groups is 2. The molecule has 1 aromatic rings. The molecule has 0 radical (unpaired) electrons. The average Bonchev–Trinajstić information content (AvgIpc) is 2.60. The lowest BCUT2D eigenvalue weighted by Gasteiger charge is -2.14. The molecule has 2 rings (SSSR count). The first-order valence-electron chi connectivity index (χ1n) is 5.49. The molecule has 19 heavy (non-hydrogen) atoms. The number of benzene rings is 1. The normalized spacial score (nSPS) is 17.3. The maximum absolute atomic E-state index is 12.0. The standard InChI is InChI=1S/C13H11NO3S2/c1-8-2-4-9(5-3-8)6-10-12(17)14(7-11(15)16)13(18)19-10/h2-6H,7H2,1H3,(H,15,16)/p-1/b10-6-. The van der Waals surface area contributed by atoms with Crippen LogP contribution in [0.3, 0.4) is 0 Å². The zero-order chi connectivity index (χ0) is 14.0. The van der Waals surface area contributed by atoms with Crippen molar-refractivity contribution in [2.75, 3.05) is 6.54 Å². The minimum absolute atomic E-state index is 0.243. The second-order valence-electron chi connectivity index (χ2n) is 4.05. The number of aryl methyl sites for hydroxylation is 1. The molecule has 1 saturated heterocycles. The van der Waals surface area contributed by atoms with E-state index in [1.807, 2.05) is 31.2 Å². The second kappa shape index (κ2) is 5.54. The predicted molar refractivity (Wildman–Crippen MR) is 76.1 cm³/mol. The molecule has 4 nitrogen and oxygen atoms in total. The molecular weight excluding hydrogens is 282 g/mol. The number of rotatable bonds is 3. The summed E-state index contributed by atoms with van der Waals surface area (Å²) in [6, 6.07) is 7.66. The Hall–Kier alpha value is -1.66. The molecule has 0 N–H and O–H groups in total. The van der Waals surface area contributed by atoms with Gasteiger partial charge in [-0.25, -0.2) is 0 Å². The highest BCUT2D eigenvalue weighted by atomic mass is 32.2. The van der Waals surface area contributed by atoms with Gasteiger partial charge in [0.2, 0.25) is 0 Å². The summed E-state index contributed by atoms with van der Waals surface area (Å²) in [5.41, 5.74) is 2.00. The number of carboxylic acids is 1. The van der Waals surface area contributed by atoms with Crippen molar-refractivity contribution >= 4 is 46.3 Å². The number of nitrogens with zero attached hydrogens (tertiary/aromatic N) is 1. The number of amides is 1. The molecule has 1 aliphatic rings. The minimum atomic E-state index is -1.33. The van der Waals surface area contributed by atoms with Crippen molar-refractivity contribution in [1.82, 2.24) is 4.90 Å². The first kappa shape index (κ1) is 13.8. The van der Waals surface area contributed by atoms with Crippen LogP contribution in [0.15, 0.2) is 29.2 Å². The molecule has 1 heterocycles. The van der Waals surface area contributed by atoms with Crippen molar-refractivity contribution < 1.29 is 14.7 Å². The van der Waals surface area contributed by atoms with Crippen molar-refractivity contribution in [1.29, 1.82) is 0 Å². The predicted octanol–water partition coefficient (Wildman–Crippen LogP) is 0.946. The van der Waals surface area contributed by atoms with Crippen LogP contribution in [0.1, 0.15) is 11.1 Å². The van der Waals surface area contributed by atoms with E-state index in [0.29, 0.717) is 4.91 Å². The van der Waals surface area contributed by atoms with E-state index in [0.717, 1.165) is 27.8 Å². The van der Waals surface area contributed by atoms with E-state index >= 15 is 0 Å². The Bertz CT molecular complexity index is 578. The smallest absolute Gasteiger partial charge is 0.266 e. The van der Waals surface area contributed by atoms with Crippen LogP contribution in [0.5, 0.6) is 0 Å². The fraction of sp³-hybridized carbons (Fsp3) is 0.154. The fourth-order valence-corrected chi connectivity index (χ4v) is 2.83. The van der Waals surface area contributed by atoms with Gasteiger partial charge in [-0.1, -0.05) is 53.8 Å². The van der Waals surface area contributed by atoms with Gasteiger partial charge in [-0.15, -0.1) is 0 Å². The number of aliphatic carboxylic acids is 1. The monoisotopic (exact) mass is 292 g/mol. The Labute approximate surface area is 120 Å². The maximum Gasteiger partial charge on any atom is 0.266 e. The maximum atomic E-state index is 12.0. The number of thioether (sulfide) groups is 1. The molecule has 1 aromatic carbocycles. The molecule has 0 aliphatic carbocycles. The van der Waals surface area contributed by atoms with Crippen LogP contribution in [0.4, 0.5) is 0 Å². The molecule has 0 unspecified atom stereocenters. The lowest BCUT2D eigenvalue weighted by atomic mass is 10.1. The van der Waals surface area contributed by atoms with Gasteiger partial charge in [0, 0.05) is 0 Å². The van der Waals surface area contributed by atoms with Crippen molar-refractivity contribution in [2.45, 2.75) is 6.92 Å². The Kier molecular flexibility index (Phi) is 4.01. The molecule has 0 aromatic heterocycles. The molecule has 1 aliphatic heterocycles.